The lowest BCUT2D eigenvalue weighted by atomic mass is 10.1. The number of rotatable bonds is 9. The zero-order valence-corrected chi connectivity index (χ0v) is 13.3. The van der Waals surface area contributed by atoms with E-state index in [9.17, 15) is 14.7 Å². The first-order valence-corrected chi connectivity index (χ1v) is 8.15. The monoisotopic (exact) mass is 299 g/mol. The van der Waals surface area contributed by atoms with Gasteiger partial charge in [0.25, 0.3) is 0 Å². The first kappa shape index (κ1) is 18.0. The van der Waals surface area contributed by atoms with Gasteiger partial charge in [-0.1, -0.05) is 45.4 Å². The molecule has 1 aliphatic rings. The highest BCUT2D eigenvalue weighted by Gasteiger charge is 2.39. The molecule has 0 unspecified atom stereocenters. The first-order chi connectivity index (χ1) is 10.1. The van der Waals surface area contributed by atoms with E-state index in [2.05, 4.69) is 6.92 Å². The Bertz CT molecular complexity index is 332. The molecule has 1 N–H and O–H groups in total. The fourth-order valence-corrected chi connectivity index (χ4v) is 2.83. The largest absolute Gasteiger partial charge is 0.467 e. The van der Waals surface area contributed by atoms with Gasteiger partial charge in [0.2, 0.25) is 5.91 Å². The van der Waals surface area contributed by atoms with Gasteiger partial charge in [-0.3, -0.25) is 4.79 Å². The normalized spacial score (nSPS) is 21.6. The van der Waals surface area contributed by atoms with E-state index in [1.54, 1.807) is 0 Å². The number of aliphatic hydroxyl groups excluding tert-OH is 1. The molecule has 1 aliphatic heterocycles. The quantitative estimate of drug-likeness (QED) is 0.524. The Morgan fingerprint density at radius 1 is 1.14 bits per heavy atom. The van der Waals surface area contributed by atoms with Crippen molar-refractivity contribution in [2.45, 2.75) is 76.9 Å². The summed E-state index contributed by atoms with van der Waals surface area (Å²) in [6, 6.07) is -0.609. The minimum atomic E-state index is -0.618. The molecule has 1 fully saturated rings. The van der Waals surface area contributed by atoms with Gasteiger partial charge in [-0.25, -0.2) is 4.79 Å². The lowest BCUT2D eigenvalue weighted by molar-refractivity contribution is -0.151. The van der Waals surface area contributed by atoms with Gasteiger partial charge in [-0.2, -0.15) is 0 Å². The highest BCUT2D eigenvalue weighted by atomic mass is 16.5. The number of likely N-dealkylation sites (tertiary alicyclic amines) is 1. The summed E-state index contributed by atoms with van der Waals surface area (Å²) in [4.78, 5) is 25.3. The van der Waals surface area contributed by atoms with Gasteiger partial charge >= 0.3 is 5.97 Å². The molecule has 21 heavy (non-hydrogen) atoms. The van der Waals surface area contributed by atoms with Gasteiger partial charge in [0.15, 0.2) is 0 Å². The van der Waals surface area contributed by atoms with Crippen LogP contribution in [0.5, 0.6) is 0 Å². The van der Waals surface area contributed by atoms with Crippen molar-refractivity contribution in [3.63, 3.8) is 0 Å². The van der Waals surface area contributed by atoms with E-state index in [1.807, 2.05) is 0 Å². The van der Waals surface area contributed by atoms with Crippen molar-refractivity contribution in [3.05, 3.63) is 0 Å². The molecule has 122 valence electrons. The van der Waals surface area contributed by atoms with Crippen LogP contribution in [0.25, 0.3) is 0 Å². The number of methoxy groups -OCH3 is 1. The molecule has 2 atom stereocenters. The fraction of sp³-hybridized carbons (Fsp3) is 0.875. The molecule has 5 heteroatoms. The standard InChI is InChI=1S/C16H29NO4/c1-3-4-5-6-7-8-9-10-15(19)17-12-13(18)11-14(17)16(20)21-2/h13-14,18H,3-12H2,1-2H3/t13-,14+/m1/s1. The average Bonchev–Trinajstić information content (AvgIpc) is 2.87. The number of unbranched alkanes of at least 4 members (excludes halogenated alkanes) is 6. The van der Waals surface area contributed by atoms with Crippen molar-refractivity contribution in [1.29, 1.82) is 0 Å². The summed E-state index contributed by atoms with van der Waals surface area (Å²) in [6.07, 6.45) is 8.21. The molecule has 0 aromatic rings. The van der Waals surface area contributed by atoms with Crippen molar-refractivity contribution in [1.82, 2.24) is 4.90 Å². The number of aliphatic hydroxyl groups is 1. The van der Waals surface area contributed by atoms with Crippen LogP contribution in [0.2, 0.25) is 0 Å². The zero-order valence-electron chi connectivity index (χ0n) is 13.3. The van der Waals surface area contributed by atoms with Gasteiger partial charge in [-0.15, -0.1) is 0 Å². The van der Waals surface area contributed by atoms with Crippen LogP contribution in [0.1, 0.15) is 64.7 Å². The first-order valence-electron chi connectivity index (χ1n) is 8.15. The summed E-state index contributed by atoms with van der Waals surface area (Å²) in [7, 11) is 1.31. The van der Waals surface area contributed by atoms with Gasteiger partial charge in [0.05, 0.1) is 13.2 Å². The number of β-amino-alcohol motifs (C(OH)–C–C–N with tert-alkyl or cyclic N) is 1. The van der Waals surface area contributed by atoms with Crippen molar-refractivity contribution in [2.24, 2.45) is 0 Å². The van der Waals surface area contributed by atoms with Crippen LogP contribution in [-0.2, 0) is 14.3 Å². The van der Waals surface area contributed by atoms with Gasteiger partial charge < -0.3 is 14.7 Å². The van der Waals surface area contributed by atoms with E-state index in [-0.39, 0.29) is 18.9 Å². The maximum absolute atomic E-state index is 12.2. The molecule has 0 radical (unpaired) electrons. The molecule has 1 saturated heterocycles. The molecule has 0 spiro atoms. The second kappa shape index (κ2) is 9.77. The van der Waals surface area contributed by atoms with Crippen molar-refractivity contribution >= 4 is 11.9 Å². The van der Waals surface area contributed by atoms with Gasteiger partial charge in [-0.05, 0) is 6.42 Å². The van der Waals surface area contributed by atoms with Crippen molar-refractivity contribution in [2.75, 3.05) is 13.7 Å². The van der Waals surface area contributed by atoms with E-state index in [4.69, 9.17) is 4.74 Å². The van der Waals surface area contributed by atoms with Crippen LogP contribution in [-0.4, -0.2) is 47.7 Å². The molecule has 0 saturated carbocycles. The fourth-order valence-electron chi connectivity index (χ4n) is 2.83. The topological polar surface area (TPSA) is 66.8 Å². The maximum atomic E-state index is 12.2. The Morgan fingerprint density at radius 3 is 2.38 bits per heavy atom. The van der Waals surface area contributed by atoms with Gasteiger partial charge in [0.1, 0.15) is 6.04 Å². The summed E-state index contributed by atoms with van der Waals surface area (Å²) >= 11 is 0. The molecule has 0 aromatic carbocycles. The number of amides is 1. The molecule has 0 aromatic heterocycles. The van der Waals surface area contributed by atoms with Crippen LogP contribution in [0, 0.1) is 0 Å². The number of ether oxygens (including phenoxy) is 1. The molecule has 0 aliphatic carbocycles. The molecule has 1 heterocycles. The van der Waals surface area contributed by atoms with E-state index >= 15 is 0 Å². The van der Waals surface area contributed by atoms with Crippen molar-refractivity contribution in [3.8, 4) is 0 Å². The van der Waals surface area contributed by atoms with E-state index in [0.29, 0.717) is 6.42 Å². The lowest BCUT2D eigenvalue weighted by Gasteiger charge is -2.22. The highest BCUT2D eigenvalue weighted by Crippen LogP contribution is 2.21. The van der Waals surface area contributed by atoms with Crippen LogP contribution in [0.4, 0.5) is 0 Å². The summed E-state index contributed by atoms with van der Waals surface area (Å²) in [5.74, 6) is -0.477. The third-order valence-electron chi connectivity index (χ3n) is 4.07. The SMILES string of the molecule is CCCCCCCCCC(=O)N1C[C@H](O)C[C@H]1C(=O)OC. The van der Waals surface area contributed by atoms with Crippen LogP contribution in [0.15, 0.2) is 0 Å². The zero-order chi connectivity index (χ0) is 15.7. The van der Waals surface area contributed by atoms with E-state index in [0.717, 1.165) is 19.3 Å². The Hall–Kier alpha value is -1.10. The van der Waals surface area contributed by atoms with Gasteiger partial charge in [0, 0.05) is 19.4 Å². The Morgan fingerprint density at radius 2 is 1.76 bits per heavy atom. The molecule has 1 rings (SSSR count). The number of carbonyl (C=O) groups is 2. The third-order valence-corrected chi connectivity index (χ3v) is 4.07. The average molecular weight is 299 g/mol. The second-order valence-electron chi connectivity index (χ2n) is 5.85. The summed E-state index contributed by atoms with van der Waals surface area (Å²) in [5.41, 5.74) is 0. The second-order valence-corrected chi connectivity index (χ2v) is 5.85. The summed E-state index contributed by atoms with van der Waals surface area (Å²) in [5, 5.41) is 9.65. The predicted molar refractivity (Wildman–Crippen MR) is 80.8 cm³/mol. The molecular formula is C16H29NO4. The number of hydrogen-bond acceptors (Lipinski definition) is 4. The summed E-state index contributed by atoms with van der Waals surface area (Å²) in [6.45, 7) is 2.44. The Labute approximate surface area is 127 Å². The van der Waals surface area contributed by atoms with Crippen LogP contribution in [0.3, 0.4) is 0 Å². The van der Waals surface area contributed by atoms with Crippen LogP contribution >= 0.6 is 0 Å². The van der Waals surface area contributed by atoms with E-state index < -0.39 is 18.1 Å². The van der Waals surface area contributed by atoms with Crippen molar-refractivity contribution < 1.29 is 19.4 Å². The smallest absolute Gasteiger partial charge is 0.328 e. The molecule has 5 nitrogen and oxygen atoms in total. The highest BCUT2D eigenvalue weighted by molar-refractivity contribution is 5.85. The predicted octanol–water partition coefficient (Wildman–Crippen LogP) is 2.26. The minimum absolute atomic E-state index is 0.0458. The minimum Gasteiger partial charge on any atom is -0.467 e. The number of nitrogens with zero attached hydrogens (tertiary/aromatic N) is 1. The number of hydrogen-bond donors (Lipinski definition) is 1. The Kier molecular flexibility index (Phi) is 8.35. The molecule has 0 bridgehead atoms. The third kappa shape index (κ3) is 6.04. The molecular weight excluding hydrogens is 270 g/mol. The molecule has 1 amide bonds. The lowest BCUT2D eigenvalue weighted by Crippen LogP contribution is -2.41. The number of carbonyl (C=O) groups excluding carboxylic acids is 2. The maximum Gasteiger partial charge on any atom is 0.328 e. The summed E-state index contributed by atoms with van der Waals surface area (Å²) < 4.78 is 4.70. The Balaban J connectivity index is 2.25. The van der Waals surface area contributed by atoms with Crippen LogP contribution < -0.4 is 0 Å². The number of esters is 1. The van der Waals surface area contributed by atoms with E-state index in [1.165, 1.54) is 37.7 Å².